The van der Waals surface area contributed by atoms with Crippen molar-refractivity contribution in [2.24, 2.45) is 0 Å². The van der Waals surface area contributed by atoms with E-state index in [2.05, 4.69) is 34.7 Å². The first-order valence-electron chi connectivity index (χ1n) is 7.28. The molecule has 1 unspecified atom stereocenters. The standard InChI is InChI=1S/C16H19ClN4O2/c1-4-10(2)18-15-8-6-13(20-21-15)16(22)19-11-5-7-14(23-3)12(17)9-11/h5-10H,4H2,1-3H3,(H,18,21)(H,19,22). The molecule has 1 aromatic heterocycles. The number of methoxy groups -OCH3 is 1. The predicted octanol–water partition coefficient (Wildman–Crippen LogP) is 3.60. The van der Waals surface area contributed by atoms with E-state index in [-0.39, 0.29) is 11.6 Å². The number of benzene rings is 1. The van der Waals surface area contributed by atoms with Crippen LogP contribution < -0.4 is 15.4 Å². The Bertz CT molecular complexity index is 676. The summed E-state index contributed by atoms with van der Waals surface area (Å²) in [5, 5.41) is 14.3. The number of hydrogen-bond acceptors (Lipinski definition) is 5. The highest BCUT2D eigenvalue weighted by atomic mass is 35.5. The number of carbonyl (C=O) groups excluding carboxylic acids is 1. The predicted molar refractivity (Wildman–Crippen MR) is 91.4 cm³/mol. The number of amides is 1. The third-order valence-corrected chi connectivity index (χ3v) is 3.61. The lowest BCUT2D eigenvalue weighted by Crippen LogP contribution is -2.17. The van der Waals surface area contributed by atoms with Gasteiger partial charge in [-0.25, -0.2) is 0 Å². The molecule has 2 aromatic rings. The first kappa shape index (κ1) is 17.0. The molecule has 1 aromatic carbocycles. The first-order valence-corrected chi connectivity index (χ1v) is 7.66. The minimum absolute atomic E-state index is 0.228. The van der Waals surface area contributed by atoms with Crippen LogP contribution in [-0.4, -0.2) is 29.3 Å². The molecule has 0 saturated heterocycles. The fourth-order valence-corrected chi connectivity index (χ4v) is 2.08. The van der Waals surface area contributed by atoms with Crippen molar-refractivity contribution in [1.29, 1.82) is 0 Å². The van der Waals surface area contributed by atoms with Crippen molar-refractivity contribution in [2.45, 2.75) is 26.3 Å². The molecule has 122 valence electrons. The molecule has 1 heterocycles. The Hall–Kier alpha value is -2.34. The third kappa shape index (κ3) is 4.56. The van der Waals surface area contributed by atoms with Crippen molar-refractivity contribution in [3.8, 4) is 5.75 Å². The molecular formula is C16H19ClN4O2. The number of anilines is 2. The number of hydrogen-bond donors (Lipinski definition) is 2. The maximum Gasteiger partial charge on any atom is 0.276 e. The average Bonchev–Trinajstić information content (AvgIpc) is 2.55. The van der Waals surface area contributed by atoms with Gasteiger partial charge < -0.3 is 15.4 Å². The van der Waals surface area contributed by atoms with Crippen LogP contribution in [0, 0.1) is 0 Å². The lowest BCUT2D eigenvalue weighted by atomic mass is 10.2. The SMILES string of the molecule is CCC(C)Nc1ccc(C(=O)Nc2ccc(OC)c(Cl)c2)nn1. The van der Waals surface area contributed by atoms with Crippen molar-refractivity contribution < 1.29 is 9.53 Å². The molecule has 23 heavy (non-hydrogen) atoms. The molecule has 0 aliphatic heterocycles. The van der Waals surface area contributed by atoms with E-state index in [0.29, 0.717) is 28.3 Å². The van der Waals surface area contributed by atoms with Gasteiger partial charge in [-0.15, -0.1) is 10.2 Å². The van der Waals surface area contributed by atoms with E-state index < -0.39 is 0 Å². The number of ether oxygens (including phenoxy) is 1. The fourth-order valence-electron chi connectivity index (χ4n) is 1.82. The number of aromatic nitrogens is 2. The fraction of sp³-hybridized carbons (Fsp3) is 0.312. The topological polar surface area (TPSA) is 76.1 Å². The van der Waals surface area contributed by atoms with E-state index in [0.717, 1.165) is 6.42 Å². The van der Waals surface area contributed by atoms with E-state index >= 15 is 0 Å². The van der Waals surface area contributed by atoms with Gasteiger partial charge in [-0.3, -0.25) is 4.79 Å². The monoisotopic (exact) mass is 334 g/mol. The molecule has 0 aliphatic rings. The molecule has 2 rings (SSSR count). The van der Waals surface area contributed by atoms with Crippen molar-refractivity contribution in [1.82, 2.24) is 10.2 Å². The van der Waals surface area contributed by atoms with Gasteiger partial charge in [-0.1, -0.05) is 18.5 Å². The average molecular weight is 335 g/mol. The highest BCUT2D eigenvalue weighted by Crippen LogP contribution is 2.27. The smallest absolute Gasteiger partial charge is 0.276 e. The minimum Gasteiger partial charge on any atom is -0.495 e. The molecule has 0 spiro atoms. The number of nitrogens with one attached hydrogen (secondary N) is 2. The van der Waals surface area contributed by atoms with Crippen LogP contribution in [0.25, 0.3) is 0 Å². The maximum atomic E-state index is 12.2. The Kier molecular flexibility index (Phi) is 5.76. The highest BCUT2D eigenvalue weighted by molar-refractivity contribution is 6.32. The maximum absolute atomic E-state index is 12.2. The molecule has 0 radical (unpaired) electrons. The van der Waals surface area contributed by atoms with Gasteiger partial charge in [0.25, 0.3) is 5.91 Å². The molecule has 0 fully saturated rings. The Balaban J connectivity index is 2.04. The quantitative estimate of drug-likeness (QED) is 0.844. The Morgan fingerprint density at radius 1 is 1.30 bits per heavy atom. The summed E-state index contributed by atoms with van der Waals surface area (Å²) in [5.74, 6) is 0.835. The van der Waals surface area contributed by atoms with Gasteiger partial charge >= 0.3 is 0 Å². The van der Waals surface area contributed by atoms with E-state index in [4.69, 9.17) is 16.3 Å². The third-order valence-electron chi connectivity index (χ3n) is 3.31. The van der Waals surface area contributed by atoms with Gasteiger partial charge in [0.2, 0.25) is 0 Å². The number of rotatable bonds is 6. The van der Waals surface area contributed by atoms with Crippen LogP contribution in [0.1, 0.15) is 30.8 Å². The lowest BCUT2D eigenvalue weighted by molar-refractivity contribution is 0.102. The summed E-state index contributed by atoms with van der Waals surface area (Å²) in [6.45, 7) is 4.13. The summed E-state index contributed by atoms with van der Waals surface area (Å²) in [6.07, 6.45) is 0.974. The van der Waals surface area contributed by atoms with Crippen LogP contribution in [0.5, 0.6) is 5.75 Å². The van der Waals surface area contributed by atoms with Crippen LogP contribution in [0.2, 0.25) is 5.02 Å². The van der Waals surface area contributed by atoms with E-state index in [9.17, 15) is 4.79 Å². The Labute approximate surface area is 140 Å². The van der Waals surface area contributed by atoms with E-state index in [1.165, 1.54) is 7.11 Å². The minimum atomic E-state index is -0.353. The molecular weight excluding hydrogens is 316 g/mol. The molecule has 1 amide bonds. The van der Waals surface area contributed by atoms with E-state index in [1.807, 2.05) is 0 Å². The normalized spacial score (nSPS) is 11.7. The van der Waals surface area contributed by atoms with Gasteiger partial charge in [-0.2, -0.15) is 0 Å². The Morgan fingerprint density at radius 2 is 2.09 bits per heavy atom. The molecule has 0 bridgehead atoms. The van der Waals surface area contributed by atoms with Crippen molar-refractivity contribution in [3.05, 3.63) is 41.0 Å². The second-order valence-electron chi connectivity index (χ2n) is 5.06. The van der Waals surface area contributed by atoms with Crippen LogP contribution in [0.3, 0.4) is 0 Å². The first-order chi connectivity index (χ1) is 11.0. The van der Waals surface area contributed by atoms with Gasteiger partial charge in [0, 0.05) is 11.7 Å². The van der Waals surface area contributed by atoms with Gasteiger partial charge in [0.15, 0.2) is 5.69 Å². The van der Waals surface area contributed by atoms with Gasteiger partial charge in [0.1, 0.15) is 11.6 Å². The summed E-state index contributed by atoms with van der Waals surface area (Å²) in [4.78, 5) is 12.2. The van der Waals surface area contributed by atoms with Crippen molar-refractivity contribution >= 4 is 29.0 Å². The van der Waals surface area contributed by atoms with Crippen LogP contribution >= 0.6 is 11.6 Å². The van der Waals surface area contributed by atoms with Crippen LogP contribution in [0.4, 0.5) is 11.5 Å². The zero-order valence-electron chi connectivity index (χ0n) is 13.3. The van der Waals surface area contributed by atoms with Crippen molar-refractivity contribution in [3.63, 3.8) is 0 Å². The molecule has 6 nitrogen and oxygen atoms in total. The van der Waals surface area contributed by atoms with Crippen LogP contribution in [-0.2, 0) is 0 Å². The molecule has 7 heteroatoms. The highest BCUT2D eigenvalue weighted by Gasteiger charge is 2.10. The zero-order valence-corrected chi connectivity index (χ0v) is 14.0. The zero-order chi connectivity index (χ0) is 16.8. The molecule has 1 atom stereocenters. The summed E-state index contributed by atoms with van der Waals surface area (Å²) < 4.78 is 5.07. The van der Waals surface area contributed by atoms with Crippen molar-refractivity contribution in [2.75, 3.05) is 17.7 Å². The Morgan fingerprint density at radius 3 is 2.65 bits per heavy atom. The molecule has 2 N–H and O–H groups in total. The second kappa shape index (κ2) is 7.78. The lowest BCUT2D eigenvalue weighted by Gasteiger charge is -2.11. The number of carbonyl (C=O) groups is 1. The summed E-state index contributed by atoms with van der Waals surface area (Å²) in [5.41, 5.74) is 0.788. The van der Waals surface area contributed by atoms with Gasteiger partial charge in [0.05, 0.1) is 12.1 Å². The summed E-state index contributed by atoms with van der Waals surface area (Å²) in [6, 6.07) is 8.65. The number of halogens is 1. The largest absolute Gasteiger partial charge is 0.495 e. The summed E-state index contributed by atoms with van der Waals surface area (Å²) >= 11 is 6.03. The molecule has 0 saturated carbocycles. The number of nitrogens with zero attached hydrogens (tertiary/aromatic N) is 2. The second-order valence-corrected chi connectivity index (χ2v) is 5.47. The van der Waals surface area contributed by atoms with E-state index in [1.54, 1.807) is 30.3 Å². The van der Waals surface area contributed by atoms with Gasteiger partial charge in [-0.05, 0) is 43.7 Å². The molecule has 0 aliphatic carbocycles. The summed E-state index contributed by atoms with van der Waals surface area (Å²) in [7, 11) is 1.53. The van der Waals surface area contributed by atoms with Crippen LogP contribution in [0.15, 0.2) is 30.3 Å².